The van der Waals surface area contributed by atoms with Crippen molar-refractivity contribution in [3.63, 3.8) is 0 Å². The highest BCUT2D eigenvalue weighted by molar-refractivity contribution is 4.63. The molecule has 48 valence electrons. The monoisotopic (exact) mass is 114 g/mol. The van der Waals surface area contributed by atoms with Crippen molar-refractivity contribution in [2.45, 2.75) is 32.8 Å². The van der Waals surface area contributed by atoms with Crippen LogP contribution in [0.4, 0.5) is 0 Å². The Balaban J connectivity index is 2.23. The second-order valence-corrected chi connectivity index (χ2v) is 2.81. The summed E-state index contributed by atoms with van der Waals surface area (Å²) in [5.74, 6) is 0.888. The van der Waals surface area contributed by atoms with E-state index in [-0.39, 0.29) is 0 Å². The Morgan fingerprint density at radius 2 is 2.12 bits per heavy atom. The van der Waals surface area contributed by atoms with E-state index in [0.717, 1.165) is 12.5 Å². The van der Waals surface area contributed by atoms with Crippen LogP contribution in [0.5, 0.6) is 0 Å². The van der Waals surface area contributed by atoms with Gasteiger partial charge in [0.15, 0.2) is 0 Å². The number of hydrogen-bond donors (Lipinski definition) is 0. The standard InChI is InChI=1S/C7H14O/c1-6-3-4-8-7(2)5-6/h6-7H,3-5H2,1-2H3/t6?,7-/m0/s1. The lowest BCUT2D eigenvalue weighted by Gasteiger charge is -2.23. The SMILES string of the molecule is CC1CCO[C@@H](C)C1. The predicted molar refractivity (Wildman–Crippen MR) is 33.8 cm³/mol. The first-order valence-electron chi connectivity index (χ1n) is 3.40. The highest BCUT2D eigenvalue weighted by Gasteiger charge is 2.13. The Kier molecular flexibility index (Phi) is 1.90. The fourth-order valence-corrected chi connectivity index (χ4v) is 1.22. The van der Waals surface area contributed by atoms with Gasteiger partial charge < -0.3 is 4.74 Å². The fourth-order valence-electron chi connectivity index (χ4n) is 1.22. The average molecular weight is 114 g/mol. The molecule has 0 saturated carbocycles. The first-order valence-corrected chi connectivity index (χ1v) is 3.40. The van der Waals surface area contributed by atoms with Crippen LogP contribution in [0.25, 0.3) is 0 Å². The van der Waals surface area contributed by atoms with Crippen LogP contribution in [0.15, 0.2) is 0 Å². The van der Waals surface area contributed by atoms with Crippen LogP contribution in [-0.4, -0.2) is 12.7 Å². The van der Waals surface area contributed by atoms with Gasteiger partial charge in [0, 0.05) is 6.61 Å². The molecular weight excluding hydrogens is 100 g/mol. The van der Waals surface area contributed by atoms with Crippen LogP contribution >= 0.6 is 0 Å². The lowest BCUT2D eigenvalue weighted by atomic mass is 9.99. The Morgan fingerprint density at radius 1 is 1.38 bits per heavy atom. The van der Waals surface area contributed by atoms with Gasteiger partial charge in [-0.05, 0) is 25.7 Å². The van der Waals surface area contributed by atoms with Gasteiger partial charge in [0.25, 0.3) is 0 Å². The van der Waals surface area contributed by atoms with E-state index in [1.54, 1.807) is 0 Å². The molecule has 1 nitrogen and oxygen atoms in total. The van der Waals surface area contributed by atoms with Gasteiger partial charge in [0.1, 0.15) is 0 Å². The molecule has 1 rings (SSSR count). The summed E-state index contributed by atoms with van der Waals surface area (Å²) in [7, 11) is 0. The normalized spacial score (nSPS) is 39.8. The predicted octanol–water partition coefficient (Wildman–Crippen LogP) is 1.82. The molecule has 1 heterocycles. The molecule has 0 aliphatic carbocycles. The topological polar surface area (TPSA) is 9.23 Å². The molecule has 0 aromatic rings. The molecule has 0 spiro atoms. The van der Waals surface area contributed by atoms with Crippen LogP contribution < -0.4 is 0 Å². The maximum absolute atomic E-state index is 5.35. The third-order valence-electron chi connectivity index (χ3n) is 1.75. The highest BCUT2D eigenvalue weighted by atomic mass is 16.5. The molecule has 1 saturated heterocycles. The molecule has 2 atom stereocenters. The minimum atomic E-state index is 0.513. The van der Waals surface area contributed by atoms with E-state index >= 15 is 0 Å². The Bertz CT molecular complexity index is 62.8. The van der Waals surface area contributed by atoms with Crippen LogP contribution in [0.3, 0.4) is 0 Å². The van der Waals surface area contributed by atoms with E-state index in [0.29, 0.717) is 6.10 Å². The Morgan fingerprint density at radius 3 is 2.50 bits per heavy atom. The van der Waals surface area contributed by atoms with Gasteiger partial charge in [-0.15, -0.1) is 0 Å². The van der Waals surface area contributed by atoms with Gasteiger partial charge in [-0.1, -0.05) is 6.92 Å². The molecular formula is C7H14O. The molecule has 0 amide bonds. The largest absolute Gasteiger partial charge is 0.378 e. The molecule has 0 bridgehead atoms. The maximum Gasteiger partial charge on any atom is 0.0549 e. The zero-order valence-electron chi connectivity index (χ0n) is 5.68. The first-order chi connectivity index (χ1) is 3.79. The lowest BCUT2D eigenvalue weighted by molar-refractivity contribution is 0.00682. The Hall–Kier alpha value is -0.0400. The van der Waals surface area contributed by atoms with Crippen molar-refractivity contribution in [2.75, 3.05) is 6.61 Å². The lowest BCUT2D eigenvalue weighted by Crippen LogP contribution is -2.20. The Labute approximate surface area is 51.0 Å². The van der Waals surface area contributed by atoms with Crippen molar-refractivity contribution in [3.8, 4) is 0 Å². The van der Waals surface area contributed by atoms with Crippen molar-refractivity contribution in [1.82, 2.24) is 0 Å². The third kappa shape index (κ3) is 1.48. The van der Waals surface area contributed by atoms with Gasteiger partial charge in [0.05, 0.1) is 6.10 Å². The molecule has 1 heteroatoms. The second-order valence-electron chi connectivity index (χ2n) is 2.81. The molecule has 8 heavy (non-hydrogen) atoms. The zero-order chi connectivity index (χ0) is 5.98. The summed E-state index contributed by atoms with van der Waals surface area (Å²) in [6, 6.07) is 0. The van der Waals surface area contributed by atoms with Crippen molar-refractivity contribution >= 4 is 0 Å². The van der Waals surface area contributed by atoms with Crippen LogP contribution in [-0.2, 0) is 4.74 Å². The summed E-state index contributed by atoms with van der Waals surface area (Å²) in [6.07, 6.45) is 3.02. The number of ether oxygens (including phenoxy) is 1. The summed E-state index contributed by atoms with van der Waals surface area (Å²) in [6.45, 7) is 5.41. The zero-order valence-corrected chi connectivity index (χ0v) is 5.68. The van der Waals surface area contributed by atoms with E-state index in [1.807, 2.05) is 0 Å². The fraction of sp³-hybridized carbons (Fsp3) is 1.00. The molecule has 0 aromatic carbocycles. The summed E-state index contributed by atoms with van der Waals surface area (Å²) < 4.78 is 5.35. The van der Waals surface area contributed by atoms with Gasteiger partial charge in [-0.2, -0.15) is 0 Å². The smallest absolute Gasteiger partial charge is 0.0549 e. The van der Waals surface area contributed by atoms with E-state index in [4.69, 9.17) is 4.74 Å². The number of rotatable bonds is 0. The molecule has 1 aliphatic rings. The first kappa shape index (κ1) is 6.09. The van der Waals surface area contributed by atoms with Gasteiger partial charge in [-0.3, -0.25) is 0 Å². The molecule has 0 N–H and O–H groups in total. The van der Waals surface area contributed by atoms with Crippen LogP contribution in [0.1, 0.15) is 26.7 Å². The van der Waals surface area contributed by atoms with Gasteiger partial charge in [0.2, 0.25) is 0 Å². The van der Waals surface area contributed by atoms with E-state index in [2.05, 4.69) is 13.8 Å². The molecule has 1 unspecified atom stereocenters. The van der Waals surface area contributed by atoms with Crippen LogP contribution in [0.2, 0.25) is 0 Å². The maximum atomic E-state index is 5.35. The molecule has 1 aliphatic heterocycles. The highest BCUT2D eigenvalue weighted by Crippen LogP contribution is 2.18. The van der Waals surface area contributed by atoms with Gasteiger partial charge in [-0.25, -0.2) is 0 Å². The van der Waals surface area contributed by atoms with Crippen molar-refractivity contribution in [3.05, 3.63) is 0 Å². The second kappa shape index (κ2) is 2.49. The summed E-state index contributed by atoms with van der Waals surface area (Å²) >= 11 is 0. The van der Waals surface area contributed by atoms with E-state index in [1.165, 1.54) is 12.8 Å². The molecule has 0 aromatic heterocycles. The van der Waals surface area contributed by atoms with Gasteiger partial charge >= 0.3 is 0 Å². The minimum Gasteiger partial charge on any atom is -0.378 e. The summed E-state index contributed by atoms with van der Waals surface area (Å²) in [4.78, 5) is 0. The van der Waals surface area contributed by atoms with Crippen LogP contribution in [0, 0.1) is 5.92 Å². The van der Waals surface area contributed by atoms with E-state index in [9.17, 15) is 0 Å². The van der Waals surface area contributed by atoms with E-state index < -0.39 is 0 Å². The number of hydrogen-bond acceptors (Lipinski definition) is 1. The molecule has 1 fully saturated rings. The third-order valence-corrected chi connectivity index (χ3v) is 1.75. The summed E-state index contributed by atoms with van der Waals surface area (Å²) in [5.41, 5.74) is 0. The van der Waals surface area contributed by atoms with Crippen molar-refractivity contribution in [1.29, 1.82) is 0 Å². The van der Waals surface area contributed by atoms with Crippen molar-refractivity contribution in [2.24, 2.45) is 5.92 Å². The average Bonchev–Trinajstić information content (AvgIpc) is 1.64. The van der Waals surface area contributed by atoms with Crippen molar-refractivity contribution < 1.29 is 4.74 Å². The minimum absolute atomic E-state index is 0.513. The summed E-state index contributed by atoms with van der Waals surface area (Å²) in [5, 5.41) is 0. The molecule has 0 radical (unpaired) electrons. The quantitative estimate of drug-likeness (QED) is 0.466.